The van der Waals surface area contributed by atoms with Crippen LogP contribution in [-0.4, -0.2) is 37.3 Å². The molecule has 9 heteroatoms. The summed E-state index contributed by atoms with van der Waals surface area (Å²) in [5.41, 5.74) is 0.267. The van der Waals surface area contributed by atoms with Gasteiger partial charge in [-0.2, -0.15) is 8.78 Å². The van der Waals surface area contributed by atoms with Crippen LogP contribution in [0.5, 0.6) is 0 Å². The third kappa shape index (κ3) is 5.78. The number of ether oxygens (including phenoxy) is 2. The SMILES string of the molecule is COC(=O)c1ccccc1NC(=O)COC(=O)c1ccccc1SC(F)F. The van der Waals surface area contributed by atoms with Gasteiger partial charge in [-0.3, -0.25) is 4.79 Å². The Morgan fingerprint density at radius 3 is 2.30 bits per heavy atom. The van der Waals surface area contributed by atoms with Gasteiger partial charge in [-0.1, -0.05) is 36.0 Å². The molecule has 0 radical (unpaired) electrons. The highest BCUT2D eigenvalue weighted by Crippen LogP contribution is 2.28. The van der Waals surface area contributed by atoms with Crippen molar-refractivity contribution in [2.75, 3.05) is 19.0 Å². The van der Waals surface area contributed by atoms with Crippen LogP contribution in [-0.2, 0) is 14.3 Å². The van der Waals surface area contributed by atoms with Crippen LogP contribution in [0.1, 0.15) is 20.7 Å². The molecule has 0 spiro atoms. The lowest BCUT2D eigenvalue weighted by molar-refractivity contribution is -0.119. The van der Waals surface area contributed by atoms with Crippen molar-refractivity contribution in [3.8, 4) is 0 Å². The van der Waals surface area contributed by atoms with E-state index in [1.165, 1.54) is 43.5 Å². The summed E-state index contributed by atoms with van der Waals surface area (Å²) < 4.78 is 34.6. The summed E-state index contributed by atoms with van der Waals surface area (Å²) in [5, 5.41) is 2.44. The van der Waals surface area contributed by atoms with Crippen molar-refractivity contribution < 1.29 is 32.6 Å². The zero-order valence-corrected chi connectivity index (χ0v) is 14.9. The molecular formula is C18H15F2NO5S. The molecular weight excluding hydrogens is 380 g/mol. The fraction of sp³-hybridized carbons (Fsp3) is 0.167. The Bertz CT molecular complexity index is 844. The Morgan fingerprint density at radius 2 is 1.63 bits per heavy atom. The third-order valence-electron chi connectivity index (χ3n) is 3.26. The van der Waals surface area contributed by atoms with Gasteiger partial charge in [0.25, 0.3) is 11.7 Å². The molecule has 0 heterocycles. The van der Waals surface area contributed by atoms with E-state index in [9.17, 15) is 23.2 Å². The van der Waals surface area contributed by atoms with E-state index in [-0.39, 0.29) is 33.5 Å². The molecule has 0 unspecified atom stereocenters. The number of hydrogen-bond acceptors (Lipinski definition) is 6. The van der Waals surface area contributed by atoms with Crippen LogP contribution in [0.4, 0.5) is 14.5 Å². The Hall–Kier alpha value is -2.94. The van der Waals surface area contributed by atoms with Crippen molar-refractivity contribution in [1.29, 1.82) is 0 Å². The fourth-order valence-electron chi connectivity index (χ4n) is 2.11. The highest BCUT2D eigenvalue weighted by molar-refractivity contribution is 7.99. The van der Waals surface area contributed by atoms with E-state index < -0.39 is 30.2 Å². The summed E-state index contributed by atoms with van der Waals surface area (Å²) in [7, 11) is 1.21. The van der Waals surface area contributed by atoms with E-state index >= 15 is 0 Å². The van der Waals surface area contributed by atoms with Crippen LogP contribution in [0.15, 0.2) is 53.4 Å². The molecule has 2 aromatic carbocycles. The van der Waals surface area contributed by atoms with Crippen molar-refractivity contribution in [2.45, 2.75) is 10.7 Å². The molecule has 0 aliphatic carbocycles. The molecule has 2 aromatic rings. The molecule has 0 saturated carbocycles. The van der Waals surface area contributed by atoms with Crippen LogP contribution in [0.25, 0.3) is 0 Å². The minimum atomic E-state index is -2.70. The van der Waals surface area contributed by atoms with Crippen LogP contribution in [0.2, 0.25) is 0 Å². The number of esters is 2. The summed E-state index contributed by atoms with van der Waals surface area (Å²) >= 11 is 0.212. The van der Waals surface area contributed by atoms with E-state index in [0.29, 0.717) is 0 Å². The molecule has 0 bridgehead atoms. The Morgan fingerprint density at radius 1 is 1.00 bits per heavy atom. The molecule has 0 fully saturated rings. The van der Waals surface area contributed by atoms with Crippen LogP contribution >= 0.6 is 11.8 Å². The number of alkyl halides is 2. The number of carbonyl (C=O) groups is 3. The maximum Gasteiger partial charge on any atom is 0.339 e. The number of methoxy groups -OCH3 is 1. The van der Waals surface area contributed by atoms with Gasteiger partial charge in [0.05, 0.1) is 23.9 Å². The van der Waals surface area contributed by atoms with Gasteiger partial charge in [0.2, 0.25) is 0 Å². The van der Waals surface area contributed by atoms with E-state index in [2.05, 4.69) is 10.1 Å². The van der Waals surface area contributed by atoms with E-state index in [1.54, 1.807) is 12.1 Å². The Labute approximate surface area is 157 Å². The predicted molar refractivity (Wildman–Crippen MR) is 95.0 cm³/mol. The van der Waals surface area contributed by atoms with Gasteiger partial charge in [-0.05, 0) is 24.3 Å². The molecule has 1 amide bonds. The first-order chi connectivity index (χ1) is 12.9. The number of thioether (sulfide) groups is 1. The number of amides is 1. The Balaban J connectivity index is 2.01. The maximum atomic E-state index is 12.6. The second kappa shape index (κ2) is 9.67. The second-order valence-electron chi connectivity index (χ2n) is 5.04. The van der Waals surface area contributed by atoms with Crippen molar-refractivity contribution in [2.24, 2.45) is 0 Å². The monoisotopic (exact) mass is 395 g/mol. The molecule has 0 aliphatic rings. The lowest BCUT2D eigenvalue weighted by Crippen LogP contribution is -2.22. The van der Waals surface area contributed by atoms with E-state index in [4.69, 9.17) is 4.74 Å². The summed E-state index contributed by atoms with van der Waals surface area (Å²) in [4.78, 5) is 35.8. The normalized spacial score (nSPS) is 10.4. The highest BCUT2D eigenvalue weighted by atomic mass is 32.2. The lowest BCUT2D eigenvalue weighted by Gasteiger charge is -2.11. The summed E-state index contributed by atoms with van der Waals surface area (Å²) in [6.07, 6.45) is 0. The number of benzene rings is 2. The molecule has 0 aliphatic heterocycles. The smallest absolute Gasteiger partial charge is 0.339 e. The third-order valence-corrected chi connectivity index (χ3v) is 4.05. The fourth-order valence-corrected chi connectivity index (χ4v) is 2.74. The van der Waals surface area contributed by atoms with Gasteiger partial charge in [0.1, 0.15) is 0 Å². The largest absolute Gasteiger partial charge is 0.465 e. The number of halogens is 2. The number of rotatable bonds is 7. The van der Waals surface area contributed by atoms with Crippen molar-refractivity contribution >= 4 is 35.3 Å². The standard InChI is InChI=1S/C18H15F2NO5S/c1-25-16(23)11-6-2-4-8-13(11)21-15(22)10-26-17(24)12-7-3-5-9-14(12)27-18(19)20/h2-9,18H,10H2,1H3,(H,21,22). The van der Waals surface area contributed by atoms with Crippen LogP contribution in [0.3, 0.4) is 0 Å². The first kappa shape index (κ1) is 20.4. The Kier molecular flexibility index (Phi) is 7.30. The first-order valence-electron chi connectivity index (χ1n) is 7.60. The summed E-state index contributed by atoms with van der Waals surface area (Å²) in [5.74, 6) is -4.94. The quantitative estimate of drug-likeness (QED) is 0.570. The van der Waals surface area contributed by atoms with Gasteiger partial charge in [0.15, 0.2) is 6.61 Å². The summed E-state index contributed by atoms with van der Waals surface area (Å²) in [6.45, 7) is -0.651. The van der Waals surface area contributed by atoms with Gasteiger partial charge in [-0.25, -0.2) is 9.59 Å². The minimum absolute atomic E-state index is 0.0499. The molecule has 0 saturated heterocycles. The number of nitrogens with one attached hydrogen (secondary N) is 1. The topological polar surface area (TPSA) is 81.7 Å². The average molecular weight is 395 g/mol. The molecule has 27 heavy (non-hydrogen) atoms. The van der Waals surface area contributed by atoms with Gasteiger partial charge in [0, 0.05) is 4.90 Å². The van der Waals surface area contributed by atoms with Gasteiger partial charge < -0.3 is 14.8 Å². The predicted octanol–water partition coefficient (Wildman–Crippen LogP) is 3.58. The molecule has 0 aromatic heterocycles. The summed E-state index contributed by atoms with van der Waals surface area (Å²) in [6, 6.07) is 11.9. The maximum absolute atomic E-state index is 12.6. The van der Waals surface area contributed by atoms with E-state index in [1.807, 2.05) is 0 Å². The van der Waals surface area contributed by atoms with Crippen molar-refractivity contribution in [1.82, 2.24) is 0 Å². The zero-order chi connectivity index (χ0) is 19.8. The van der Waals surface area contributed by atoms with Crippen LogP contribution in [0, 0.1) is 0 Å². The lowest BCUT2D eigenvalue weighted by atomic mass is 10.2. The minimum Gasteiger partial charge on any atom is -0.465 e. The van der Waals surface area contributed by atoms with Gasteiger partial charge in [-0.15, -0.1) is 0 Å². The first-order valence-corrected chi connectivity index (χ1v) is 8.48. The number of carbonyl (C=O) groups excluding carboxylic acids is 3. The zero-order valence-electron chi connectivity index (χ0n) is 14.1. The van der Waals surface area contributed by atoms with Gasteiger partial charge >= 0.3 is 11.9 Å². The van der Waals surface area contributed by atoms with Crippen molar-refractivity contribution in [3.63, 3.8) is 0 Å². The average Bonchev–Trinajstić information content (AvgIpc) is 2.66. The molecule has 0 atom stereocenters. The van der Waals surface area contributed by atoms with E-state index in [0.717, 1.165) is 0 Å². The molecule has 142 valence electrons. The number of hydrogen-bond donors (Lipinski definition) is 1. The molecule has 1 N–H and O–H groups in total. The number of para-hydroxylation sites is 1. The highest BCUT2D eigenvalue weighted by Gasteiger charge is 2.18. The van der Waals surface area contributed by atoms with Crippen LogP contribution < -0.4 is 5.32 Å². The molecule has 2 rings (SSSR count). The second-order valence-corrected chi connectivity index (χ2v) is 6.07. The molecule has 6 nitrogen and oxygen atoms in total. The number of anilines is 1. The van der Waals surface area contributed by atoms with Crippen molar-refractivity contribution in [3.05, 3.63) is 59.7 Å².